The fraction of sp³-hybridized carbons (Fsp3) is 0.500. The number of amides is 1. The highest BCUT2D eigenvalue weighted by Gasteiger charge is 2.27. The van der Waals surface area contributed by atoms with Gasteiger partial charge in [-0.15, -0.1) is 0 Å². The highest BCUT2D eigenvalue weighted by atomic mass is 35.5. The van der Waals surface area contributed by atoms with Gasteiger partial charge < -0.3 is 15.8 Å². The molecule has 1 aromatic rings. The summed E-state index contributed by atoms with van der Waals surface area (Å²) in [7, 11) is 0. The van der Waals surface area contributed by atoms with Gasteiger partial charge in [-0.25, -0.2) is 0 Å². The number of hydrogen-bond donors (Lipinski definition) is 2. The van der Waals surface area contributed by atoms with Crippen LogP contribution in [-0.2, 0) is 4.79 Å². The number of benzene rings is 1. The predicted molar refractivity (Wildman–Crippen MR) is 85.3 cm³/mol. The maximum Gasteiger partial charge on any atom is 0.258 e. The van der Waals surface area contributed by atoms with Gasteiger partial charge in [-0.05, 0) is 31.4 Å². The lowest BCUT2D eigenvalue weighted by Gasteiger charge is -2.19. The average Bonchev–Trinajstić information content (AvgIpc) is 2.88. The van der Waals surface area contributed by atoms with E-state index < -0.39 is 0 Å². The highest BCUT2D eigenvalue weighted by Crippen LogP contribution is 2.33. The minimum absolute atomic E-state index is 0.120. The smallest absolute Gasteiger partial charge is 0.258 e. The zero-order valence-corrected chi connectivity index (χ0v) is 13.6. The first-order valence-electron chi connectivity index (χ1n) is 6.78. The zero-order chi connectivity index (χ0) is 15.4. The molecule has 1 aliphatic carbocycles. The Morgan fingerprint density at radius 2 is 1.95 bits per heavy atom. The van der Waals surface area contributed by atoms with Gasteiger partial charge >= 0.3 is 0 Å². The molecule has 116 valence electrons. The molecule has 3 N–H and O–H groups in total. The maximum absolute atomic E-state index is 11.9. The molecule has 0 radical (unpaired) electrons. The number of carbonyl (C=O) groups is 1. The summed E-state index contributed by atoms with van der Waals surface area (Å²) < 4.78 is 5.40. The molecule has 1 aromatic carbocycles. The van der Waals surface area contributed by atoms with Crippen LogP contribution in [0, 0.1) is 5.92 Å². The Morgan fingerprint density at radius 3 is 2.67 bits per heavy atom. The third-order valence-electron chi connectivity index (χ3n) is 3.64. The van der Waals surface area contributed by atoms with Crippen LogP contribution < -0.4 is 15.8 Å². The fourth-order valence-corrected chi connectivity index (χ4v) is 3.11. The topological polar surface area (TPSA) is 64.3 Å². The second kappa shape index (κ2) is 7.54. The normalized spacial score (nSPS) is 21.3. The van der Waals surface area contributed by atoms with E-state index >= 15 is 0 Å². The van der Waals surface area contributed by atoms with Crippen LogP contribution in [0.2, 0.25) is 15.1 Å². The van der Waals surface area contributed by atoms with Crippen LogP contribution >= 0.6 is 34.8 Å². The Bertz CT molecular complexity index is 525. The van der Waals surface area contributed by atoms with Gasteiger partial charge in [-0.1, -0.05) is 41.2 Å². The van der Waals surface area contributed by atoms with Gasteiger partial charge in [0.2, 0.25) is 0 Å². The predicted octanol–water partition coefficient (Wildman–Crippen LogP) is 3.27. The van der Waals surface area contributed by atoms with Crippen LogP contribution in [0.5, 0.6) is 5.75 Å². The van der Waals surface area contributed by atoms with Gasteiger partial charge in [0.1, 0.15) is 5.75 Å². The molecule has 0 bridgehead atoms. The number of hydrogen-bond acceptors (Lipinski definition) is 3. The molecule has 1 saturated carbocycles. The largest absolute Gasteiger partial charge is 0.482 e. The van der Waals surface area contributed by atoms with Crippen molar-refractivity contribution in [1.29, 1.82) is 0 Å². The molecule has 0 spiro atoms. The molecule has 2 unspecified atom stereocenters. The summed E-state index contributed by atoms with van der Waals surface area (Å²) in [5, 5.41) is 3.94. The molecular formula is C14H17Cl3N2O2. The Kier molecular flexibility index (Phi) is 5.99. The number of halogens is 3. The molecule has 4 nitrogen and oxygen atoms in total. The van der Waals surface area contributed by atoms with Crippen molar-refractivity contribution in [1.82, 2.24) is 5.32 Å². The molecule has 0 aromatic heterocycles. The van der Waals surface area contributed by atoms with Gasteiger partial charge in [-0.3, -0.25) is 4.79 Å². The molecule has 2 atom stereocenters. The number of rotatable bonds is 5. The second-order valence-electron chi connectivity index (χ2n) is 5.09. The molecule has 2 rings (SSSR count). The van der Waals surface area contributed by atoms with E-state index in [-0.39, 0.29) is 18.6 Å². The molecule has 0 aliphatic heterocycles. The van der Waals surface area contributed by atoms with Crippen molar-refractivity contribution in [2.24, 2.45) is 11.7 Å². The summed E-state index contributed by atoms with van der Waals surface area (Å²) in [5.74, 6) is 0.494. The van der Waals surface area contributed by atoms with Crippen molar-refractivity contribution in [3.8, 4) is 5.75 Å². The van der Waals surface area contributed by atoms with E-state index in [1.54, 1.807) is 0 Å². The summed E-state index contributed by atoms with van der Waals surface area (Å²) in [5.41, 5.74) is 5.69. The van der Waals surface area contributed by atoms with E-state index in [2.05, 4.69) is 5.32 Å². The van der Waals surface area contributed by atoms with Crippen LogP contribution in [0.4, 0.5) is 0 Å². The Labute approximate surface area is 138 Å². The molecule has 1 aliphatic rings. The summed E-state index contributed by atoms with van der Waals surface area (Å²) >= 11 is 17.7. The lowest BCUT2D eigenvalue weighted by atomic mass is 10.0. The summed E-state index contributed by atoms with van der Waals surface area (Å²) in [6, 6.07) is 3.12. The summed E-state index contributed by atoms with van der Waals surface area (Å²) in [6.07, 6.45) is 3.11. The van der Waals surface area contributed by atoms with Gasteiger partial charge in [0.15, 0.2) is 6.61 Å². The average molecular weight is 352 g/mol. The van der Waals surface area contributed by atoms with E-state index in [1.807, 2.05) is 0 Å². The van der Waals surface area contributed by atoms with Crippen LogP contribution in [0.25, 0.3) is 0 Å². The van der Waals surface area contributed by atoms with Crippen molar-refractivity contribution in [3.05, 3.63) is 27.2 Å². The lowest BCUT2D eigenvalue weighted by molar-refractivity contribution is -0.124. The summed E-state index contributed by atoms with van der Waals surface area (Å²) in [4.78, 5) is 11.9. The standard InChI is InChI=1S/C14H17Cl3N2O2/c15-9-4-11(17)13(5-10(9)16)21-7-14(20)19-12-3-1-2-8(12)6-18/h4-5,8,12H,1-3,6-7,18H2,(H,19,20). The van der Waals surface area contributed by atoms with Gasteiger partial charge in [-0.2, -0.15) is 0 Å². The monoisotopic (exact) mass is 350 g/mol. The first-order valence-corrected chi connectivity index (χ1v) is 7.91. The van der Waals surface area contributed by atoms with Gasteiger partial charge in [0.05, 0.1) is 15.1 Å². The molecule has 1 amide bonds. The van der Waals surface area contributed by atoms with Crippen LogP contribution in [0.3, 0.4) is 0 Å². The van der Waals surface area contributed by atoms with Crippen LogP contribution in [0.15, 0.2) is 12.1 Å². The molecular weight excluding hydrogens is 335 g/mol. The zero-order valence-electron chi connectivity index (χ0n) is 11.4. The van der Waals surface area contributed by atoms with Crippen LogP contribution in [-0.4, -0.2) is 25.1 Å². The molecule has 0 saturated heterocycles. The van der Waals surface area contributed by atoms with Crippen LogP contribution in [0.1, 0.15) is 19.3 Å². The van der Waals surface area contributed by atoms with Gasteiger partial charge in [0, 0.05) is 12.1 Å². The second-order valence-corrected chi connectivity index (χ2v) is 6.31. The Hall–Kier alpha value is -0.680. The SMILES string of the molecule is NCC1CCCC1NC(=O)COc1cc(Cl)c(Cl)cc1Cl. The Balaban J connectivity index is 1.88. The molecule has 7 heteroatoms. The van der Waals surface area contributed by atoms with Crippen molar-refractivity contribution in [3.63, 3.8) is 0 Å². The quantitative estimate of drug-likeness (QED) is 0.800. The third kappa shape index (κ3) is 4.39. The first kappa shape index (κ1) is 16.7. The lowest BCUT2D eigenvalue weighted by Crippen LogP contribution is -2.42. The maximum atomic E-state index is 11.9. The molecule has 1 fully saturated rings. The number of ether oxygens (including phenoxy) is 1. The summed E-state index contributed by atoms with van der Waals surface area (Å²) in [6.45, 7) is 0.468. The van der Waals surface area contributed by atoms with Crippen molar-refractivity contribution in [2.75, 3.05) is 13.2 Å². The van der Waals surface area contributed by atoms with Crippen molar-refractivity contribution < 1.29 is 9.53 Å². The minimum Gasteiger partial charge on any atom is -0.482 e. The van der Waals surface area contributed by atoms with E-state index in [0.717, 1.165) is 19.3 Å². The fourth-order valence-electron chi connectivity index (χ4n) is 2.52. The van der Waals surface area contributed by atoms with E-state index in [4.69, 9.17) is 45.3 Å². The van der Waals surface area contributed by atoms with E-state index in [9.17, 15) is 4.79 Å². The first-order chi connectivity index (χ1) is 10.0. The minimum atomic E-state index is -0.192. The number of carbonyl (C=O) groups excluding carboxylic acids is 1. The Morgan fingerprint density at radius 1 is 1.24 bits per heavy atom. The third-order valence-corrected chi connectivity index (χ3v) is 4.66. The number of nitrogens with two attached hydrogens (primary N) is 1. The van der Waals surface area contributed by atoms with Crippen molar-refractivity contribution >= 4 is 40.7 Å². The van der Waals surface area contributed by atoms with Gasteiger partial charge in [0.25, 0.3) is 5.91 Å². The van der Waals surface area contributed by atoms with E-state index in [1.165, 1.54) is 12.1 Å². The number of nitrogens with one attached hydrogen (secondary N) is 1. The van der Waals surface area contributed by atoms with Crippen molar-refractivity contribution in [2.45, 2.75) is 25.3 Å². The highest BCUT2D eigenvalue weighted by molar-refractivity contribution is 6.43. The van der Waals surface area contributed by atoms with E-state index in [0.29, 0.717) is 33.3 Å². The molecule has 21 heavy (non-hydrogen) atoms. The molecule has 0 heterocycles.